The average molecular weight is 275 g/mol. The largest absolute Gasteiger partial charge is 0.355 e. The van der Waals surface area contributed by atoms with Gasteiger partial charge in [0, 0.05) is 31.6 Å². The van der Waals surface area contributed by atoms with Gasteiger partial charge in [-0.1, -0.05) is 6.07 Å². The number of hydrogen-bond donors (Lipinski definition) is 1. The Hall–Kier alpha value is -0.680. The van der Waals surface area contributed by atoms with Crippen molar-refractivity contribution in [1.82, 2.24) is 5.32 Å². The topological polar surface area (TPSA) is 64.6 Å². The van der Waals surface area contributed by atoms with Crippen LogP contribution in [0.15, 0.2) is 17.5 Å². The molecule has 0 saturated carbocycles. The summed E-state index contributed by atoms with van der Waals surface area (Å²) in [4.78, 5) is 12.8. The summed E-state index contributed by atoms with van der Waals surface area (Å²) in [5, 5.41) is 4.65. The van der Waals surface area contributed by atoms with Gasteiger partial charge in [0.25, 0.3) is 0 Å². The fourth-order valence-corrected chi connectivity index (χ4v) is 4.69. The van der Waals surface area contributed by atoms with Crippen LogP contribution in [-0.2, 0) is 18.4 Å². The Morgan fingerprint density at radius 2 is 2.18 bits per heavy atom. The molecule has 1 aromatic rings. The minimum atomic E-state index is -3.39. The predicted octanol–water partition coefficient (Wildman–Crippen LogP) is 1.82. The molecule has 17 heavy (non-hydrogen) atoms. The van der Waals surface area contributed by atoms with Crippen molar-refractivity contribution in [3.63, 3.8) is 0 Å². The number of carbonyl (C=O) groups is 1. The minimum Gasteiger partial charge on any atom is -0.355 e. The van der Waals surface area contributed by atoms with Crippen LogP contribution in [0.25, 0.3) is 0 Å². The first-order valence-electron chi connectivity index (χ1n) is 5.14. The molecule has 1 aliphatic heterocycles. The van der Waals surface area contributed by atoms with Crippen LogP contribution < -0.4 is 5.32 Å². The molecule has 1 aromatic heterocycles. The summed E-state index contributed by atoms with van der Waals surface area (Å²) >= 11 is 1.54. The van der Waals surface area contributed by atoms with E-state index >= 15 is 0 Å². The van der Waals surface area contributed by atoms with Gasteiger partial charge in [0.1, 0.15) is 5.66 Å². The van der Waals surface area contributed by atoms with Crippen molar-refractivity contribution < 1.29 is 18.4 Å². The lowest BCUT2D eigenvalue weighted by Gasteiger charge is -2.22. The van der Waals surface area contributed by atoms with Crippen molar-refractivity contribution in [2.24, 2.45) is 0 Å². The molecule has 7 heteroatoms. The van der Waals surface area contributed by atoms with Crippen molar-refractivity contribution >= 4 is 24.8 Å². The van der Waals surface area contributed by atoms with Crippen LogP contribution in [0, 0.1) is 0 Å². The Morgan fingerprint density at radius 3 is 2.71 bits per heavy atom. The van der Waals surface area contributed by atoms with E-state index in [2.05, 4.69) is 5.32 Å². The summed E-state index contributed by atoms with van der Waals surface area (Å²) in [6, 6.07) is 3.84. The lowest BCUT2D eigenvalue weighted by molar-refractivity contribution is -0.119. The molecule has 0 aliphatic carbocycles. The van der Waals surface area contributed by atoms with Crippen molar-refractivity contribution in [3.8, 4) is 0 Å². The summed E-state index contributed by atoms with van der Waals surface area (Å²) in [6.07, 6.45) is 0. The van der Waals surface area contributed by atoms with E-state index in [1.54, 1.807) is 0 Å². The molecule has 0 radical (unpaired) electrons. The summed E-state index contributed by atoms with van der Waals surface area (Å²) in [7, 11) is -0.774. The van der Waals surface area contributed by atoms with Crippen molar-refractivity contribution in [3.05, 3.63) is 22.4 Å². The number of thiophene rings is 1. The van der Waals surface area contributed by atoms with Gasteiger partial charge in [-0.05, 0) is 11.4 Å². The molecule has 0 bridgehead atoms. The number of carbonyl (C=O) groups excluding carboxylic acids is 1. The highest BCUT2D eigenvalue weighted by Gasteiger charge is 2.50. The Labute approximate surface area is 104 Å². The van der Waals surface area contributed by atoms with Crippen LogP contribution in [0.1, 0.15) is 10.8 Å². The molecule has 1 saturated heterocycles. The Morgan fingerprint density at radius 1 is 1.47 bits per heavy atom. The zero-order chi connectivity index (χ0) is 12.5. The summed E-state index contributed by atoms with van der Waals surface area (Å²) < 4.78 is 22.3. The second-order valence-corrected chi connectivity index (χ2v) is 7.06. The highest BCUT2D eigenvalue weighted by atomic mass is 32.1. The maximum atomic E-state index is 12.4. The molecule has 2 unspecified atom stereocenters. The molecular formula is C10H14NO4PS. The lowest BCUT2D eigenvalue weighted by Crippen LogP contribution is -2.25. The Kier molecular flexibility index (Phi) is 3.68. The van der Waals surface area contributed by atoms with Crippen molar-refractivity contribution in [2.45, 2.75) is 11.6 Å². The second kappa shape index (κ2) is 4.90. The SMILES string of the molecule is COP(=O)(OC)C1C(=O)NCC1c1cccs1. The van der Waals surface area contributed by atoms with Crippen LogP contribution in [-0.4, -0.2) is 32.3 Å². The first-order chi connectivity index (χ1) is 8.12. The third-order valence-corrected chi connectivity index (χ3v) is 6.20. The lowest BCUT2D eigenvalue weighted by atomic mass is 10.1. The van der Waals surface area contributed by atoms with E-state index in [0.29, 0.717) is 6.54 Å². The molecule has 0 spiro atoms. The van der Waals surface area contributed by atoms with Crippen LogP contribution in [0.4, 0.5) is 0 Å². The van der Waals surface area contributed by atoms with E-state index in [1.807, 2.05) is 17.5 Å². The highest BCUT2D eigenvalue weighted by Crippen LogP contribution is 2.57. The maximum Gasteiger partial charge on any atom is 0.343 e. The molecule has 1 aliphatic rings. The zero-order valence-corrected chi connectivity index (χ0v) is 11.3. The van der Waals surface area contributed by atoms with E-state index in [9.17, 15) is 9.36 Å². The molecule has 1 N–H and O–H groups in total. The molecule has 0 aromatic carbocycles. The van der Waals surface area contributed by atoms with Gasteiger partial charge in [0.15, 0.2) is 0 Å². The molecule has 2 rings (SSSR count). The van der Waals surface area contributed by atoms with Crippen LogP contribution in [0.5, 0.6) is 0 Å². The summed E-state index contributed by atoms with van der Waals surface area (Å²) in [6.45, 7) is 0.473. The van der Waals surface area contributed by atoms with Gasteiger partial charge < -0.3 is 14.4 Å². The molecule has 1 amide bonds. The van der Waals surface area contributed by atoms with Gasteiger partial charge >= 0.3 is 7.60 Å². The molecular weight excluding hydrogens is 261 g/mol. The first kappa shape index (κ1) is 12.8. The molecule has 2 atom stereocenters. The Bertz CT molecular complexity index is 439. The fourth-order valence-electron chi connectivity index (χ4n) is 2.03. The standard InChI is InChI=1S/C10H14NO4PS/c1-14-16(13,15-2)9-7(6-11-10(9)12)8-4-3-5-17-8/h3-5,7,9H,6H2,1-2H3,(H,11,12). The summed E-state index contributed by atoms with van der Waals surface area (Å²) in [5.41, 5.74) is -0.754. The smallest absolute Gasteiger partial charge is 0.343 e. The van der Waals surface area contributed by atoms with E-state index in [-0.39, 0.29) is 11.8 Å². The quantitative estimate of drug-likeness (QED) is 0.851. The van der Waals surface area contributed by atoms with Crippen LogP contribution >= 0.6 is 18.9 Å². The highest BCUT2D eigenvalue weighted by molar-refractivity contribution is 7.55. The van der Waals surface area contributed by atoms with E-state index in [1.165, 1.54) is 25.6 Å². The fraction of sp³-hybridized carbons (Fsp3) is 0.500. The van der Waals surface area contributed by atoms with Gasteiger partial charge in [0.2, 0.25) is 5.91 Å². The van der Waals surface area contributed by atoms with Gasteiger partial charge in [-0.3, -0.25) is 9.36 Å². The van der Waals surface area contributed by atoms with E-state index in [0.717, 1.165) is 4.88 Å². The normalized spacial score (nSPS) is 24.9. The molecule has 2 heterocycles. The van der Waals surface area contributed by atoms with Crippen molar-refractivity contribution in [1.29, 1.82) is 0 Å². The first-order valence-corrected chi connectivity index (χ1v) is 7.64. The maximum absolute atomic E-state index is 12.4. The predicted molar refractivity (Wildman–Crippen MR) is 65.5 cm³/mol. The molecule has 94 valence electrons. The number of nitrogens with one attached hydrogen (secondary N) is 1. The third-order valence-electron chi connectivity index (χ3n) is 2.90. The van der Waals surface area contributed by atoms with Gasteiger partial charge in [0.05, 0.1) is 0 Å². The van der Waals surface area contributed by atoms with E-state index < -0.39 is 13.3 Å². The number of amides is 1. The van der Waals surface area contributed by atoms with Gasteiger partial charge in [-0.2, -0.15) is 0 Å². The minimum absolute atomic E-state index is 0.145. The third kappa shape index (κ3) is 2.18. The van der Waals surface area contributed by atoms with Gasteiger partial charge in [-0.15, -0.1) is 11.3 Å². The zero-order valence-electron chi connectivity index (χ0n) is 9.58. The molecule has 5 nitrogen and oxygen atoms in total. The van der Waals surface area contributed by atoms with Crippen molar-refractivity contribution in [2.75, 3.05) is 20.8 Å². The van der Waals surface area contributed by atoms with E-state index in [4.69, 9.17) is 9.05 Å². The summed E-state index contributed by atoms with van der Waals surface area (Å²) in [5.74, 6) is -0.413. The second-order valence-electron chi connectivity index (χ2n) is 3.72. The number of hydrogen-bond acceptors (Lipinski definition) is 5. The Balaban J connectivity index is 2.35. The molecule has 1 fully saturated rings. The van der Waals surface area contributed by atoms with Crippen LogP contribution in [0.2, 0.25) is 0 Å². The average Bonchev–Trinajstić information content (AvgIpc) is 2.97. The number of rotatable bonds is 4. The van der Waals surface area contributed by atoms with Gasteiger partial charge in [-0.25, -0.2) is 0 Å². The monoisotopic (exact) mass is 275 g/mol. The van der Waals surface area contributed by atoms with Crippen LogP contribution in [0.3, 0.4) is 0 Å².